The lowest BCUT2D eigenvalue weighted by Gasteiger charge is -2.27. The van der Waals surface area contributed by atoms with Crippen molar-refractivity contribution in [3.8, 4) is 0 Å². The third-order valence-electron chi connectivity index (χ3n) is 4.19. The van der Waals surface area contributed by atoms with E-state index in [4.69, 9.17) is 0 Å². The van der Waals surface area contributed by atoms with Gasteiger partial charge in [-0.1, -0.05) is 0 Å². The van der Waals surface area contributed by atoms with E-state index in [1.807, 2.05) is 18.7 Å². The minimum atomic E-state index is 0.216. The summed E-state index contributed by atoms with van der Waals surface area (Å²) in [5.74, 6) is 0.472. The van der Waals surface area contributed by atoms with E-state index in [1.54, 1.807) is 11.3 Å². The number of aromatic nitrogens is 1. The van der Waals surface area contributed by atoms with Crippen LogP contribution in [0.4, 0.5) is 0 Å². The first-order valence-electron chi connectivity index (χ1n) is 7.23. The molecule has 0 aromatic carbocycles. The van der Waals surface area contributed by atoms with Crippen molar-refractivity contribution in [1.29, 1.82) is 0 Å². The largest absolute Gasteiger partial charge is 0.346 e. The first-order valence-corrected chi connectivity index (χ1v) is 8.11. The Labute approximate surface area is 123 Å². The average Bonchev–Trinajstić information content (AvgIpc) is 3.08. The van der Waals surface area contributed by atoms with Crippen LogP contribution in [0.15, 0.2) is 29.8 Å². The minimum Gasteiger partial charge on any atom is -0.346 e. The van der Waals surface area contributed by atoms with Crippen molar-refractivity contribution >= 4 is 17.2 Å². The van der Waals surface area contributed by atoms with Crippen molar-refractivity contribution in [3.05, 3.63) is 45.9 Å². The summed E-state index contributed by atoms with van der Waals surface area (Å²) >= 11 is 1.80. The highest BCUT2D eigenvalue weighted by atomic mass is 32.1. The Morgan fingerprint density at radius 2 is 2.20 bits per heavy atom. The lowest BCUT2D eigenvalue weighted by Crippen LogP contribution is -2.32. The average molecular weight is 288 g/mol. The highest BCUT2D eigenvalue weighted by Gasteiger charge is 2.29. The van der Waals surface area contributed by atoms with Crippen LogP contribution in [0.2, 0.25) is 0 Å². The van der Waals surface area contributed by atoms with Gasteiger partial charge in [-0.3, -0.25) is 4.79 Å². The second kappa shape index (κ2) is 5.44. The van der Waals surface area contributed by atoms with Crippen LogP contribution >= 0.6 is 11.3 Å². The molecule has 1 unspecified atom stereocenters. The van der Waals surface area contributed by atoms with Gasteiger partial charge in [0, 0.05) is 42.2 Å². The van der Waals surface area contributed by atoms with Crippen LogP contribution in [0, 0.1) is 0 Å². The van der Waals surface area contributed by atoms with Crippen molar-refractivity contribution in [2.24, 2.45) is 0 Å². The molecule has 1 amide bonds. The van der Waals surface area contributed by atoms with Gasteiger partial charge in [0.05, 0.1) is 6.54 Å². The smallest absolute Gasteiger partial charge is 0.223 e. The quantitative estimate of drug-likeness (QED) is 0.847. The highest BCUT2D eigenvalue weighted by molar-refractivity contribution is 7.10. The molecule has 3 nitrogen and oxygen atoms in total. The Morgan fingerprint density at radius 1 is 1.40 bits per heavy atom. The van der Waals surface area contributed by atoms with Gasteiger partial charge in [-0.05, 0) is 43.0 Å². The number of amides is 1. The molecule has 2 aromatic rings. The first kappa shape index (κ1) is 13.4. The standard InChI is InChI=1S/C16H20N2OS/c1-3-17(4-2)16(19)10-13-12-7-9-20-15(12)11-18-8-5-6-14(13)18/h5-9,13H,3-4,10-11H2,1-2H3. The lowest BCUT2D eigenvalue weighted by molar-refractivity contribution is -0.131. The molecule has 0 fully saturated rings. The van der Waals surface area contributed by atoms with Crippen LogP contribution in [0.1, 0.15) is 42.3 Å². The third kappa shape index (κ3) is 2.18. The lowest BCUT2D eigenvalue weighted by atomic mass is 9.90. The SMILES string of the molecule is CCN(CC)C(=O)CC1c2ccsc2Cn2cccc21. The number of hydrogen-bond donors (Lipinski definition) is 0. The molecule has 0 N–H and O–H groups in total. The molecule has 1 aliphatic rings. The molecule has 0 radical (unpaired) electrons. The first-order chi connectivity index (χ1) is 9.74. The Kier molecular flexibility index (Phi) is 3.66. The Balaban J connectivity index is 1.90. The highest BCUT2D eigenvalue weighted by Crippen LogP contribution is 2.38. The van der Waals surface area contributed by atoms with E-state index in [0.29, 0.717) is 6.42 Å². The van der Waals surface area contributed by atoms with Crippen LogP contribution < -0.4 is 0 Å². The summed E-state index contributed by atoms with van der Waals surface area (Å²) in [6, 6.07) is 6.43. The molecule has 3 rings (SSSR count). The van der Waals surface area contributed by atoms with Gasteiger partial charge in [0.15, 0.2) is 0 Å². The molecule has 0 bridgehead atoms. The van der Waals surface area contributed by atoms with Crippen LogP contribution in [0.5, 0.6) is 0 Å². The van der Waals surface area contributed by atoms with Crippen molar-refractivity contribution in [2.75, 3.05) is 13.1 Å². The molecule has 3 heterocycles. The molecular formula is C16H20N2OS. The number of hydrogen-bond acceptors (Lipinski definition) is 2. The number of rotatable bonds is 4. The zero-order valence-corrected chi connectivity index (χ0v) is 12.8. The van der Waals surface area contributed by atoms with Crippen molar-refractivity contribution in [3.63, 3.8) is 0 Å². The Morgan fingerprint density at radius 3 is 2.95 bits per heavy atom. The maximum absolute atomic E-state index is 12.5. The second-order valence-electron chi connectivity index (χ2n) is 5.18. The van der Waals surface area contributed by atoms with Gasteiger partial charge in [0.25, 0.3) is 0 Å². The van der Waals surface area contributed by atoms with Crippen molar-refractivity contribution < 1.29 is 4.79 Å². The topological polar surface area (TPSA) is 25.2 Å². The molecule has 1 aliphatic heterocycles. The fourth-order valence-electron chi connectivity index (χ4n) is 3.09. The van der Waals surface area contributed by atoms with Crippen LogP contribution in [-0.2, 0) is 11.3 Å². The molecule has 0 saturated heterocycles. The number of carbonyl (C=O) groups excluding carboxylic acids is 1. The molecule has 0 saturated carbocycles. The van der Waals surface area contributed by atoms with E-state index in [2.05, 4.69) is 34.3 Å². The Bertz CT molecular complexity index is 569. The molecule has 0 aliphatic carbocycles. The summed E-state index contributed by atoms with van der Waals surface area (Å²) in [5, 5.41) is 2.14. The normalized spacial score (nSPS) is 16.6. The van der Waals surface area contributed by atoms with Gasteiger partial charge in [-0.15, -0.1) is 11.3 Å². The summed E-state index contributed by atoms with van der Waals surface area (Å²) in [7, 11) is 0. The van der Waals surface area contributed by atoms with E-state index in [9.17, 15) is 4.79 Å². The Hall–Kier alpha value is -1.55. The van der Waals surface area contributed by atoms with Gasteiger partial charge in [-0.25, -0.2) is 0 Å². The van der Waals surface area contributed by atoms with Crippen molar-refractivity contribution in [2.45, 2.75) is 32.7 Å². The molecule has 20 heavy (non-hydrogen) atoms. The summed E-state index contributed by atoms with van der Waals surface area (Å²) in [6.07, 6.45) is 2.70. The number of thiophene rings is 1. The predicted molar refractivity (Wildman–Crippen MR) is 82.2 cm³/mol. The zero-order valence-electron chi connectivity index (χ0n) is 12.0. The van der Waals surface area contributed by atoms with E-state index < -0.39 is 0 Å². The third-order valence-corrected chi connectivity index (χ3v) is 5.11. The minimum absolute atomic E-state index is 0.216. The zero-order chi connectivity index (χ0) is 14.1. The molecule has 0 spiro atoms. The second-order valence-corrected chi connectivity index (χ2v) is 6.18. The number of carbonyl (C=O) groups is 1. The molecule has 1 atom stereocenters. The molecule has 106 valence electrons. The summed E-state index contributed by atoms with van der Waals surface area (Å²) in [5.41, 5.74) is 2.62. The maximum Gasteiger partial charge on any atom is 0.223 e. The molecule has 2 aromatic heterocycles. The summed E-state index contributed by atoms with van der Waals surface area (Å²) in [6.45, 7) is 6.62. The molecule has 4 heteroatoms. The monoisotopic (exact) mass is 288 g/mol. The number of nitrogens with zero attached hydrogens (tertiary/aromatic N) is 2. The van der Waals surface area contributed by atoms with E-state index in [-0.39, 0.29) is 11.8 Å². The predicted octanol–water partition coefficient (Wildman–Crippen LogP) is 3.30. The van der Waals surface area contributed by atoms with E-state index in [0.717, 1.165) is 19.6 Å². The van der Waals surface area contributed by atoms with Gasteiger partial charge >= 0.3 is 0 Å². The van der Waals surface area contributed by atoms with Crippen LogP contribution in [0.3, 0.4) is 0 Å². The van der Waals surface area contributed by atoms with Gasteiger partial charge in [0.2, 0.25) is 5.91 Å². The van der Waals surface area contributed by atoms with Crippen molar-refractivity contribution in [1.82, 2.24) is 9.47 Å². The fourth-order valence-corrected chi connectivity index (χ4v) is 4.02. The fraction of sp³-hybridized carbons (Fsp3) is 0.438. The maximum atomic E-state index is 12.5. The number of fused-ring (bicyclic) bond motifs is 2. The van der Waals surface area contributed by atoms with E-state index >= 15 is 0 Å². The van der Waals surface area contributed by atoms with Crippen LogP contribution in [-0.4, -0.2) is 28.5 Å². The van der Waals surface area contributed by atoms with Gasteiger partial charge < -0.3 is 9.47 Å². The van der Waals surface area contributed by atoms with Gasteiger partial charge in [-0.2, -0.15) is 0 Å². The van der Waals surface area contributed by atoms with Gasteiger partial charge in [0.1, 0.15) is 0 Å². The molecular weight excluding hydrogens is 268 g/mol. The summed E-state index contributed by atoms with van der Waals surface area (Å²) in [4.78, 5) is 15.8. The van der Waals surface area contributed by atoms with E-state index in [1.165, 1.54) is 16.1 Å². The van der Waals surface area contributed by atoms with Crippen LogP contribution in [0.25, 0.3) is 0 Å². The summed E-state index contributed by atoms with van der Waals surface area (Å²) < 4.78 is 2.28.